The van der Waals surface area contributed by atoms with Crippen LogP contribution in [0, 0.1) is 0 Å². The molecular formula is C18H17NO7. The van der Waals surface area contributed by atoms with Crippen LogP contribution in [0.25, 0.3) is 0 Å². The Hall–Kier alpha value is -3.55. The van der Waals surface area contributed by atoms with Crippen LogP contribution in [0.4, 0.5) is 5.69 Å². The van der Waals surface area contributed by atoms with E-state index in [1.165, 1.54) is 45.6 Å². The highest BCUT2D eigenvalue weighted by molar-refractivity contribution is 6.12. The van der Waals surface area contributed by atoms with Crippen molar-refractivity contribution in [3.8, 4) is 11.5 Å². The zero-order valence-corrected chi connectivity index (χ0v) is 14.4. The van der Waals surface area contributed by atoms with Gasteiger partial charge in [0.15, 0.2) is 11.5 Å². The smallest absolute Gasteiger partial charge is 0.338 e. The second-order valence-electron chi connectivity index (χ2n) is 5.05. The van der Waals surface area contributed by atoms with Gasteiger partial charge in [-0.15, -0.1) is 0 Å². The highest BCUT2D eigenvalue weighted by Crippen LogP contribution is 2.33. The average Bonchev–Trinajstić information content (AvgIpc) is 2.66. The maximum Gasteiger partial charge on any atom is 0.338 e. The fraction of sp³-hybridized carbons (Fsp3) is 0.167. The van der Waals surface area contributed by atoms with Gasteiger partial charge in [0.05, 0.1) is 43.7 Å². The van der Waals surface area contributed by atoms with Gasteiger partial charge in [-0.05, 0) is 12.1 Å². The lowest BCUT2D eigenvalue weighted by Crippen LogP contribution is -2.19. The van der Waals surface area contributed by atoms with Gasteiger partial charge in [0, 0.05) is 12.1 Å². The van der Waals surface area contributed by atoms with E-state index in [9.17, 15) is 19.5 Å². The maximum absolute atomic E-state index is 12.6. The van der Waals surface area contributed by atoms with Crippen molar-refractivity contribution in [2.75, 3.05) is 26.6 Å². The number of aromatic carboxylic acids is 1. The molecule has 2 aromatic carbocycles. The number of nitrogens with one attached hydrogen (secondary N) is 1. The van der Waals surface area contributed by atoms with E-state index in [1.54, 1.807) is 12.1 Å². The number of ether oxygens (including phenoxy) is 3. The third kappa shape index (κ3) is 3.75. The van der Waals surface area contributed by atoms with E-state index in [0.29, 0.717) is 0 Å². The van der Waals surface area contributed by atoms with Crippen molar-refractivity contribution in [1.82, 2.24) is 0 Å². The van der Waals surface area contributed by atoms with Gasteiger partial charge in [-0.2, -0.15) is 0 Å². The fourth-order valence-corrected chi connectivity index (χ4v) is 2.32. The Morgan fingerprint density at radius 2 is 1.46 bits per heavy atom. The van der Waals surface area contributed by atoms with Crippen LogP contribution in [0.2, 0.25) is 0 Å². The standard InChI is InChI=1S/C18H17NO7/c1-24-14-8-12(17(21)22)13(9-15(14)25-2)19-16(20)10-6-4-5-7-11(10)18(23)26-3/h4-9H,1-3H3,(H,19,20)(H,21,22). The Bertz CT molecular complexity index is 861. The van der Waals surface area contributed by atoms with Gasteiger partial charge in [-0.1, -0.05) is 12.1 Å². The first-order valence-electron chi connectivity index (χ1n) is 7.41. The quantitative estimate of drug-likeness (QED) is 0.762. The van der Waals surface area contributed by atoms with Crippen LogP contribution in [0.15, 0.2) is 36.4 Å². The summed E-state index contributed by atoms with van der Waals surface area (Å²) < 4.78 is 14.9. The number of carbonyl (C=O) groups excluding carboxylic acids is 2. The van der Waals surface area contributed by atoms with Crippen molar-refractivity contribution in [3.63, 3.8) is 0 Å². The fourth-order valence-electron chi connectivity index (χ4n) is 2.32. The minimum absolute atomic E-state index is 0.000168. The lowest BCUT2D eigenvalue weighted by atomic mass is 10.1. The number of rotatable bonds is 6. The molecule has 0 aliphatic rings. The summed E-state index contributed by atoms with van der Waals surface area (Å²) in [4.78, 5) is 35.9. The number of amides is 1. The summed E-state index contributed by atoms with van der Waals surface area (Å²) in [5.74, 6) is -2.16. The van der Waals surface area contributed by atoms with Crippen LogP contribution in [0.1, 0.15) is 31.1 Å². The summed E-state index contributed by atoms with van der Waals surface area (Å²) in [6.45, 7) is 0. The largest absolute Gasteiger partial charge is 0.493 e. The third-order valence-electron chi connectivity index (χ3n) is 3.58. The van der Waals surface area contributed by atoms with Crippen LogP contribution in [0.3, 0.4) is 0 Å². The molecule has 136 valence electrons. The molecule has 0 bridgehead atoms. The Morgan fingerprint density at radius 3 is 2.00 bits per heavy atom. The first-order valence-corrected chi connectivity index (χ1v) is 7.41. The molecule has 0 spiro atoms. The molecule has 0 saturated carbocycles. The number of carboxylic acid groups (broad SMARTS) is 1. The molecule has 0 aromatic heterocycles. The maximum atomic E-state index is 12.6. The van der Waals surface area contributed by atoms with Crippen molar-refractivity contribution >= 4 is 23.5 Å². The summed E-state index contributed by atoms with van der Waals surface area (Å²) in [6.07, 6.45) is 0. The molecule has 2 aromatic rings. The van der Waals surface area contributed by atoms with Crippen LogP contribution < -0.4 is 14.8 Å². The van der Waals surface area contributed by atoms with E-state index >= 15 is 0 Å². The van der Waals surface area contributed by atoms with Gasteiger partial charge in [-0.3, -0.25) is 4.79 Å². The Morgan fingerprint density at radius 1 is 0.885 bits per heavy atom. The van der Waals surface area contributed by atoms with E-state index < -0.39 is 17.8 Å². The predicted molar refractivity (Wildman–Crippen MR) is 92.2 cm³/mol. The number of esters is 1. The Kier molecular flexibility index (Phi) is 5.79. The Labute approximate surface area is 149 Å². The molecule has 8 nitrogen and oxygen atoms in total. The second-order valence-corrected chi connectivity index (χ2v) is 5.05. The normalized spacial score (nSPS) is 9.96. The topological polar surface area (TPSA) is 111 Å². The summed E-state index contributed by atoms with van der Waals surface area (Å²) in [5.41, 5.74) is -0.0818. The average molecular weight is 359 g/mol. The molecular weight excluding hydrogens is 342 g/mol. The van der Waals surface area contributed by atoms with Crippen molar-refractivity contribution in [1.29, 1.82) is 0 Å². The van der Waals surface area contributed by atoms with Gasteiger partial charge in [0.25, 0.3) is 5.91 Å². The number of carbonyl (C=O) groups is 3. The minimum atomic E-state index is -1.26. The van der Waals surface area contributed by atoms with Gasteiger partial charge in [-0.25, -0.2) is 9.59 Å². The van der Waals surface area contributed by atoms with Crippen molar-refractivity contribution in [2.45, 2.75) is 0 Å². The number of hydrogen-bond acceptors (Lipinski definition) is 6. The van der Waals surface area contributed by atoms with E-state index in [2.05, 4.69) is 10.1 Å². The highest BCUT2D eigenvalue weighted by Gasteiger charge is 2.21. The van der Waals surface area contributed by atoms with E-state index in [1.807, 2.05) is 0 Å². The van der Waals surface area contributed by atoms with Gasteiger partial charge < -0.3 is 24.6 Å². The zero-order valence-electron chi connectivity index (χ0n) is 14.4. The molecule has 0 saturated heterocycles. The first-order chi connectivity index (χ1) is 12.4. The molecule has 0 atom stereocenters. The Balaban J connectivity index is 2.47. The number of methoxy groups -OCH3 is 3. The van der Waals surface area contributed by atoms with Crippen LogP contribution >= 0.6 is 0 Å². The lowest BCUT2D eigenvalue weighted by molar-refractivity contribution is 0.0596. The molecule has 0 heterocycles. The molecule has 2 N–H and O–H groups in total. The van der Waals surface area contributed by atoms with Crippen LogP contribution in [-0.4, -0.2) is 44.3 Å². The molecule has 0 unspecified atom stereocenters. The monoisotopic (exact) mass is 359 g/mol. The van der Waals surface area contributed by atoms with Crippen molar-refractivity contribution < 1.29 is 33.7 Å². The SMILES string of the molecule is COC(=O)c1ccccc1C(=O)Nc1cc(OC)c(OC)cc1C(=O)O. The summed E-state index contributed by atoms with van der Waals surface area (Å²) >= 11 is 0. The predicted octanol–water partition coefficient (Wildman–Crippen LogP) is 2.44. The van der Waals surface area contributed by atoms with Crippen LogP contribution in [-0.2, 0) is 4.74 Å². The molecule has 26 heavy (non-hydrogen) atoms. The third-order valence-corrected chi connectivity index (χ3v) is 3.58. The van der Waals surface area contributed by atoms with Gasteiger partial charge in [0.2, 0.25) is 0 Å². The van der Waals surface area contributed by atoms with Gasteiger partial charge >= 0.3 is 11.9 Å². The molecule has 2 rings (SSSR count). The molecule has 8 heteroatoms. The van der Waals surface area contributed by atoms with Crippen LogP contribution in [0.5, 0.6) is 11.5 Å². The van der Waals surface area contributed by atoms with E-state index in [-0.39, 0.29) is 33.9 Å². The number of anilines is 1. The van der Waals surface area contributed by atoms with E-state index in [4.69, 9.17) is 9.47 Å². The minimum Gasteiger partial charge on any atom is -0.493 e. The van der Waals surface area contributed by atoms with Gasteiger partial charge in [0.1, 0.15) is 0 Å². The second kappa shape index (κ2) is 8.02. The first kappa shape index (κ1) is 18.8. The molecule has 0 radical (unpaired) electrons. The summed E-state index contributed by atoms with van der Waals surface area (Å²) in [7, 11) is 3.96. The van der Waals surface area contributed by atoms with E-state index in [0.717, 1.165) is 0 Å². The summed E-state index contributed by atoms with van der Waals surface area (Å²) in [6, 6.07) is 8.61. The molecule has 1 amide bonds. The highest BCUT2D eigenvalue weighted by atomic mass is 16.5. The zero-order chi connectivity index (χ0) is 19.3. The molecule has 0 fully saturated rings. The number of carboxylic acids is 1. The van der Waals surface area contributed by atoms with Crippen molar-refractivity contribution in [2.24, 2.45) is 0 Å². The van der Waals surface area contributed by atoms with Crippen molar-refractivity contribution in [3.05, 3.63) is 53.1 Å². The number of hydrogen-bond donors (Lipinski definition) is 2. The molecule has 0 aliphatic carbocycles. The summed E-state index contributed by atoms with van der Waals surface area (Å²) in [5, 5.41) is 11.9. The number of benzene rings is 2. The molecule has 0 aliphatic heterocycles. The lowest BCUT2D eigenvalue weighted by Gasteiger charge is -2.14.